The Balaban J connectivity index is 2.77. The summed E-state index contributed by atoms with van der Waals surface area (Å²) in [7, 11) is 3.38. The van der Waals surface area contributed by atoms with Gasteiger partial charge in [0.15, 0.2) is 0 Å². The van der Waals surface area contributed by atoms with Crippen molar-refractivity contribution in [1.29, 1.82) is 0 Å². The van der Waals surface area contributed by atoms with Crippen LogP contribution in [0.1, 0.15) is 16.1 Å². The molecule has 0 radical (unpaired) electrons. The summed E-state index contributed by atoms with van der Waals surface area (Å²) in [6.07, 6.45) is 0. The smallest absolute Gasteiger partial charge is 0.338 e. The summed E-state index contributed by atoms with van der Waals surface area (Å²) >= 11 is 0. The number of esters is 1. The third-order valence-corrected chi connectivity index (χ3v) is 2.73. The first-order chi connectivity index (χ1) is 7.15. The van der Waals surface area contributed by atoms with E-state index >= 15 is 0 Å². The van der Waals surface area contributed by atoms with Crippen LogP contribution >= 0.6 is 0 Å². The van der Waals surface area contributed by atoms with Gasteiger partial charge < -0.3 is 9.30 Å². The Labute approximate surface area is 88.3 Å². The highest BCUT2D eigenvalue weighted by Gasteiger charge is 2.12. The van der Waals surface area contributed by atoms with Gasteiger partial charge in [-0.15, -0.1) is 0 Å². The number of fused-ring (bicyclic) bond motifs is 1. The molecule has 0 amide bonds. The van der Waals surface area contributed by atoms with Gasteiger partial charge >= 0.3 is 5.97 Å². The second-order valence-electron chi connectivity index (χ2n) is 3.57. The van der Waals surface area contributed by atoms with Crippen LogP contribution in [0, 0.1) is 6.92 Å². The predicted octanol–water partition coefficient (Wildman–Crippen LogP) is 2.27. The lowest BCUT2D eigenvalue weighted by Gasteiger charge is -2.02. The molecule has 0 saturated heterocycles. The summed E-state index contributed by atoms with van der Waals surface area (Å²) in [5.74, 6) is -0.286. The van der Waals surface area contributed by atoms with Crippen LogP contribution in [0.3, 0.4) is 0 Å². The molecule has 0 aliphatic rings. The van der Waals surface area contributed by atoms with E-state index in [9.17, 15) is 4.79 Å². The molecule has 0 N–H and O–H groups in total. The van der Waals surface area contributed by atoms with Gasteiger partial charge in [-0.1, -0.05) is 6.07 Å². The number of benzene rings is 1. The average Bonchev–Trinajstić information content (AvgIpc) is 2.54. The van der Waals surface area contributed by atoms with Crippen LogP contribution in [0.15, 0.2) is 24.3 Å². The van der Waals surface area contributed by atoms with Gasteiger partial charge in [0.2, 0.25) is 0 Å². The molecule has 78 valence electrons. The molecule has 15 heavy (non-hydrogen) atoms. The van der Waals surface area contributed by atoms with Crippen molar-refractivity contribution in [2.75, 3.05) is 7.11 Å². The standard InChI is InChI=1S/C12H13NO2/c1-8-7-10-9(12(14)15-3)5-4-6-11(10)13(8)2/h4-7H,1-3H3. The number of methoxy groups -OCH3 is 1. The monoisotopic (exact) mass is 203 g/mol. The number of nitrogens with zero attached hydrogens (tertiary/aromatic N) is 1. The SMILES string of the molecule is COC(=O)c1cccc2c1cc(C)n2C. The molecule has 2 aromatic rings. The first-order valence-electron chi connectivity index (χ1n) is 4.78. The van der Waals surface area contributed by atoms with E-state index in [2.05, 4.69) is 4.57 Å². The number of aryl methyl sites for hydroxylation is 2. The molecule has 3 nitrogen and oxygen atoms in total. The first kappa shape index (κ1) is 9.77. The van der Waals surface area contributed by atoms with Gasteiger partial charge in [-0.3, -0.25) is 0 Å². The van der Waals surface area contributed by atoms with Gasteiger partial charge in [-0.25, -0.2) is 4.79 Å². The highest BCUT2D eigenvalue weighted by Crippen LogP contribution is 2.22. The summed E-state index contributed by atoms with van der Waals surface area (Å²) in [4.78, 5) is 11.5. The zero-order chi connectivity index (χ0) is 11.0. The zero-order valence-corrected chi connectivity index (χ0v) is 9.07. The van der Waals surface area contributed by atoms with Crippen LogP contribution in [0.4, 0.5) is 0 Å². The molecule has 2 rings (SSSR count). The number of rotatable bonds is 1. The maximum atomic E-state index is 11.5. The molecular weight excluding hydrogens is 190 g/mol. The van der Waals surface area contributed by atoms with Crippen molar-refractivity contribution in [2.24, 2.45) is 7.05 Å². The number of carbonyl (C=O) groups excluding carboxylic acids is 1. The van der Waals surface area contributed by atoms with Crippen LogP contribution in [0.25, 0.3) is 10.9 Å². The van der Waals surface area contributed by atoms with Crippen LogP contribution in [0.5, 0.6) is 0 Å². The van der Waals surface area contributed by atoms with Crippen LogP contribution in [-0.4, -0.2) is 17.6 Å². The maximum absolute atomic E-state index is 11.5. The molecular formula is C12H13NO2. The minimum absolute atomic E-state index is 0.286. The molecule has 0 saturated carbocycles. The molecule has 0 aliphatic carbocycles. The van der Waals surface area contributed by atoms with Gasteiger partial charge in [-0.2, -0.15) is 0 Å². The van der Waals surface area contributed by atoms with Gasteiger partial charge in [0, 0.05) is 23.6 Å². The van der Waals surface area contributed by atoms with Gasteiger partial charge in [-0.05, 0) is 25.1 Å². The molecule has 1 aromatic heterocycles. The number of aromatic nitrogens is 1. The molecule has 0 bridgehead atoms. The first-order valence-corrected chi connectivity index (χ1v) is 4.78. The topological polar surface area (TPSA) is 31.2 Å². The summed E-state index contributed by atoms with van der Waals surface area (Å²) < 4.78 is 6.80. The van der Waals surface area contributed by atoms with E-state index in [1.165, 1.54) is 7.11 Å². The molecule has 1 aromatic carbocycles. The fourth-order valence-electron chi connectivity index (χ4n) is 1.78. The van der Waals surface area contributed by atoms with Crippen LogP contribution in [0.2, 0.25) is 0 Å². The van der Waals surface area contributed by atoms with Crippen molar-refractivity contribution in [3.8, 4) is 0 Å². The highest BCUT2D eigenvalue weighted by molar-refractivity contribution is 6.04. The number of carbonyl (C=O) groups is 1. The number of hydrogen-bond donors (Lipinski definition) is 0. The van der Waals surface area contributed by atoms with Gasteiger partial charge in [0.1, 0.15) is 0 Å². The third-order valence-electron chi connectivity index (χ3n) is 2.73. The van der Waals surface area contributed by atoms with E-state index in [-0.39, 0.29) is 5.97 Å². The lowest BCUT2D eigenvalue weighted by Crippen LogP contribution is -2.01. The minimum Gasteiger partial charge on any atom is -0.465 e. The predicted molar refractivity (Wildman–Crippen MR) is 59.0 cm³/mol. The second-order valence-corrected chi connectivity index (χ2v) is 3.57. The van der Waals surface area contributed by atoms with E-state index in [1.54, 1.807) is 6.07 Å². The normalized spacial score (nSPS) is 10.6. The molecule has 0 spiro atoms. The Morgan fingerprint density at radius 1 is 1.40 bits per heavy atom. The summed E-state index contributed by atoms with van der Waals surface area (Å²) in [5, 5.41) is 0.948. The van der Waals surface area contributed by atoms with Crippen molar-refractivity contribution in [2.45, 2.75) is 6.92 Å². The van der Waals surface area contributed by atoms with Crippen LogP contribution in [-0.2, 0) is 11.8 Å². The summed E-state index contributed by atoms with van der Waals surface area (Å²) in [5.41, 5.74) is 2.80. The van der Waals surface area contributed by atoms with E-state index in [4.69, 9.17) is 4.74 Å². The van der Waals surface area contributed by atoms with E-state index < -0.39 is 0 Å². The van der Waals surface area contributed by atoms with E-state index in [1.807, 2.05) is 32.2 Å². The minimum atomic E-state index is -0.286. The van der Waals surface area contributed by atoms with Gasteiger partial charge in [0.25, 0.3) is 0 Å². The largest absolute Gasteiger partial charge is 0.465 e. The molecule has 3 heteroatoms. The average molecular weight is 203 g/mol. The molecule has 0 aliphatic heterocycles. The fourth-order valence-corrected chi connectivity index (χ4v) is 1.78. The fraction of sp³-hybridized carbons (Fsp3) is 0.250. The van der Waals surface area contributed by atoms with Crippen molar-refractivity contribution < 1.29 is 9.53 Å². The Hall–Kier alpha value is -1.77. The Morgan fingerprint density at radius 2 is 2.13 bits per heavy atom. The molecule has 0 fully saturated rings. The zero-order valence-electron chi connectivity index (χ0n) is 9.07. The Morgan fingerprint density at radius 3 is 2.80 bits per heavy atom. The maximum Gasteiger partial charge on any atom is 0.338 e. The second kappa shape index (κ2) is 3.42. The van der Waals surface area contributed by atoms with Crippen molar-refractivity contribution in [1.82, 2.24) is 4.57 Å². The lowest BCUT2D eigenvalue weighted by molar-refractivity contribution is 0.0603. The van der Waals surface area contributed by atoms with Crippen LogP contribution < -0.4 is 0 Å². The Kier molecular flexibility index (Phi) is 2.23. The van der Waals surface area contributed by atoms with Crippen molar-refractivity contribution >= 4 is 16.9 Å². The molecule has 1 heterocycles. The number of hydrogen-bond acceptors (Lipinski definition) is 2. The lowest BCUT2D eigenvalue weighted by atomic mass is 10.1. The van der Waals surface area contributed by atoms with E-state index in [0.29, 0.717) is 5.56 Å². The van der Waals surface area contributed by atoms with Crippen molar-refractivity contribution in [3.05, 3.63) is 35.5 Å². The summed E-state index contributed by atoms with van der Waals surface area (Å²) in [6.45, 7) is 2.01. The molecule has 0 atom stereocenters. The Bertz CT molecular complexity index is 526. The van der Waals surface area contributed by atoms with E-state index in [0.717, 1.165) is 16.6 Å². The summed E-state index contributed by atoms with van der Waals surface area (Å²) in [6, 6.07) is 7.65. The third kappa shape index (κ3) is 1.40. The van der Waals surface area contributed by atoms with Crippen molar-refractivity contribution in [3.63, 3.8) is 0 Å². The number of ether oxygens (including phenoxy) is 1. The van der Waals surface area contributed by atoms with Gasteiger partial charge in [0.05, 0.1) is 12.7 Å². The highest BCUT2D eigenvalue weighted by atomic mass is 16.5. The quantitative estimate of drug-likeness (QED) is 0.666. The molecule has 0 unspecified atom stereocenters.